The standard InChI is InChI=1S/C21H29N3O5S/c1-22-18-7-6-17(15-19(18)29-21(22)26)30(27,28)24-12-8-16(9-13-24)14-20(25)23-10-4-2-3-5-11-23/h6-7,15-16H,2-5,8-14H2,1H3. The second-order valence-corrected chi connectivity index (χ2v) is 10.3. The third kappa shape index (κ3) is 4.18. The number of hydrogen-bond acceptors (Lipinski definition) is 5. The number of rotatable bonds is 4. The number of piperidine rings is 1. The molecule has 30 heavy (non-hydrogen) atoms. The van der Waals surface area contributed by atoms with E-state index in [4.69, 9.17) is 4.42 Å². The van der Waals surface area contributed by atoms with Gasteiger partial charge in [0.2, 0.25) is 15.9 Å². The smallest absolute Gasteiger partial charge is 0.408 e. The Kier molecular flexibility index (Phi) is 6.02. The van der Waals surface area contributed by atoms with Crippen molar-refractivity contribution >= 4 is 27.0 Å². The summed E-state index contributed by atoms with van der Waals surface area (Å²) in [5, 5.41) is 0. The Morgan fingerprint density at radius 1 is 1.07 bits per heavy atom. The number of carbonyl (C=O) groups is 1. The molecular weight excluding hydrogens is 406 g/mol. The van der Waals surface area contributed by atoms with Gasteiger partial charge in [0.1, 0.15) is 0 Å². The van der Waals surface area contributed by atoms with Gasteiger partial charge in [0, 0.05) is 45.7 Å². The molecule has 0 N–H and O–H groups in total. The highest BCUT2D eigenvalue weighted by atomic mass is 32.2. The van der Waals surface area contributed by atoms with E-state index in [1.165, 1.54) is 33.8 Å². The maximum atomic E-state index is 13.1. The van der Waals surface area contributed by atoms with Crippen LogP contribution in [0.5, 0.6) is 0 Å². The molecule has 0 aliphatic carbocycles. The Bertz CT molecular complexity index is 1070. The molecule has 0 unspecified atom stereocenters. The first kappa shape index (κ1) is 21.1. The largest absolute Gasteiger partial charge is 0.419 e. The second-order valence-electron chi connectivity index (χ2n) is 8.40. The van der Waals surface area contributed by atoms with Crippen LogP contribution < -0.4 is 5.76 Å². The maximum Gasteiger partial charge on any atom is 0.419 e. The summed E-state index contributed by atoms with van der Waals surface area (Å²) in [4.78, 5) is 26.4. The van der Waals surface area contributed by atoms with E-state index in [9.17, 15) is 18.0 Å². The third-order valence-corrected chi connectivity index (χ3v) is 8.29. The number of aromatic nitrogens is 1. The average Bonchev–Trinajstić information content (AvgIpc) is 2.92. The zero-order valence-electron chi connectivity index (χ0n) is 17.4. The molecule has 4 rings (SSSR count). The van der Waals surface area contributed by atoms with Gasteiger partial charge in [-0.1, -0.05) is 12.8 Å². The molecule has 164 valence electrons. The number of aryl methyl sites for hydroxylation is 1. The second kappa shape index (κ2) is 8.55. The summed E-state index contributed by atoms with van der Waals surface area (Å²) in [5.74, 6) is -0.0842. The number of oxazole rings is 1. The van der Waals surface area contributed by atoms with E-state index in [1.807, 2.05) is 4.90 Å². The topological polar surface area (TPSA) is 92.8 Å². The Labute approximate surface area is 176 Å². The molecule has 2 aromatic rings. The van der Waals surface area contributed by atoms with Gasteiger partial charge in [0.25, 0.3) is 0 Å². The summed E-state index contributed by atoms with van der Waals surface area (Å²) in [6, 6.07) is 4.53. The number of nitrogens with zero attached hydrogens (tertiary/aromatic N) is 3. The van der Waals surface area contributed by atoms with Gasteiger partial charge in [0.05, 0.1) is 10.4 Å². The summed E-state index contributed by atoms with van der Waals surface area (Å²) < 4.78 is 34.1. The van der Waals surface area contributed by atoms with Crippen LogP contribution in [-0.4, -0.2) is 54.3 Å². The number of carbonyl (C=O) groups excluding carboxylic acids is 1. The summed E-state index contributed by atoms with van der Waals surface area (Å²) in [5.41, 5.74) is 0.825. The van der Waals surface area contributed by atoms with Crippen molar-refractivity contribution in [3.05, 3.63) is 28.7 Å². The highest BCUT2D eigenvalue weighted by molar-refractivity contribution is 7.89. The van der Waals surface area contributed by atoms with E-state index >= 15 is 0 Å². The van der Waals surface area contributed by atoms with Gasteiger partial charge >= 0.3 is 5.76 Å². The van der Waals surface area contributed by atoms with Gasteiger partial charge in [-0.05, 0) is 43.7 Å². The molecule has 0 radical (unpaired) electrons. The van der Waals surface area contributed by atoms with Crippen LogP contribution in [0.1, 0.15) is 44.9 Å². The summed E-state index contributed by atoms with van der Waals surface area (Å²) in [6.45, 7) is 2.50. The molecule has 8 nitrogen and oxygen atoms in total. The van der Waals surface area contributed by atoms with Crippen molar-refractivity contribution in [2.75, 3.05) is 26.2 Å². The predicted molar refractivity (Wildman–Crippen MR) is 113 cm³/mol. The van der Waals surface area contributed by atoms with Gasteiger partial charge in [0.15, 0.2) is 5.58 Å². The third-order valence-electron chi connectivity index (χ3n) is 6.40. The molecule has 2 fully saturated rings. The van der Waals surface area contributed by atoms with Crippen molar-refractivity contribution in [1.82, 2.24) is 13.8 Å². The summed E-state index contributed by atoms with van der Waals surface area (Å²) in [7, 11) is -2.08. The molecule has 9 heteroatoms. The van der Waals surface area contributed by atoms with Crippen LogP contribution in [0.25, 0.3) is 11.1 Å². The van der Waals surface area contributed by atoms with Crippen LogP contribution in [0.2, 0.25) is 0 Å². The fourth-order valence-corrected chi connectivity index (χ4v) is 5.96. The van der Waals surface area contributed by atoms with E-state index < -0.39 is 15.8 Å². The lowest BCUT2D eigenvalue weighted by Gasteiger charge is -2.32. The van der Waals surface area contributed by atoms with Crippen molar-refractivity contribution < 1.29 is 17.6 Å². The Morgan fingerprint density at radius 3 is 2.40 bits per heavy atom. The molecule has 2 saturated heterocycles. The van der Waals surface area contributed by atoms with Gasteiger partial charge < -0.3 is 9.32 Å². The fourth-order valence-electron chi connectivity index (χ4n) is 4.47. The van der Waals surface area contributed by atoms with Crippen molar-refractivity contribution in [2.24, 2.45) is 13.0 Å². The molecular formula is C21H29N3O5S. The zero-order valence-corrected chi connectivity index (χ0v) is 18.2. The Balaban J connectivity index is 1.39. The van der Waals surface area contributed by atoms with E-state index in [-0.39, 0.29) is 22.3 Å². The number of benzene rings is 1. The van der Waals surface area contributed by atoms with Gasteiger partial charge in [-0.3, -0.25) is 9.36 Å². The first-order chi connectivity index (χ1) is 14.4. The predicted octanol–water partition coefficient (Wildman–Crippen LogP) is 2.32. The molecule has 2 aliphatic rings. The van der Waals surface area contributed by atoms with Crippen molar-refractivity contribution in [3.8, 4) is 0 Å². The van der Waals surface area contributed by atoms with Crippen LogP contribution in [0.3, 0.4) is 0 Å². The number of fused-ring (bicyclic) bond motifs is 1. The molecule has 1 amide bonds. The highest BCUT2D eigenvalue weighted by Gasteiger charge is 2.31. The van der Waals surface area contributed by atoms with Crippen LogP contribution in [0.15, 0.2) is 32.3 Å². The SMILES string of the molecule is Cn1c(=O)oc2cc(S(=O)(=O)N3CCC(CC(=O)N4CCCCCC4)CC3)ccc21. The van der Waals surface area contributed by atoms with Crippen LogP contribution in [0, 0.1) is 5.92 Å². The molecule has 1 aromatic carbocycles. The fraction of sp³-hybridized carbons (Fsp3) is 0.619. The maximum absolute atomic E-state index is 13.1. The van der Waals surface area contributed by atoms with Gasteiger partial charge in [-0.25, -0.2) is 13.2 Å². The van der Waals surface area contributed by atoms with Crippen LogP contribution in [-0.2, 0) is 21.9 Å². The zero-order chi connectivity index (χ0) is 21.3. The van der Waals surface area contributed by atoms with E-state index in [0.717, 1.165) is 25.9 Å². The minimum Gasteiger partial charge on any atom is -0.408 e. The van der Waals surface area contributed by atoms with Gasteiger partial charge in [-0.2, -0.15) is 4.31 Å². The molecule has 1 aromatic heterocycles. The summed E-state index contributed by atoms with van der Waals surface area (Å²) in [6.07, 6.45) is 6.41. The van der Waals surface area contributed by atoms with E-state index in [1.54, 1.807) is 13.1 Å². The normalized spacial score (nSPS) is 19.8. The first-order valence-electron chi connectivity index (χ1n) is 10.7. The summed E-state index contributed by atoms with van der Waals surface area (Å²) >= 11 is 0. The van der Waals surface area contributed by atoms with E-state index in [2.05, 4.69) is 0 Å². The molecule has 0 bridgehead atoms. The molecule has 0 spiro atoms. The number of hydrogen-bond donors (Lipinski definition) is 0. The lowest BCUT2D eigenvalue weighted by Crippen LogP contribution is -2.40. The number of likely N-dealkylation sites (tertiary alicyclic amines) is 1. The van der Waals surface area contributed by atoms with Crippen LogP contribution >= 0.6 is 0 Å². The minimum absolute atomic E-state index is 0.128. The van der Waals surface area contributed by atoms with Crippen molar-refractivity contribution in [1.29, 1.82) is 0 Å². The van der Waals surface area contributed by atoms with Gasteiger partial charge in [-0.15, -0.1) is 0 Å². The quantitative estimate of drug-likeness (QED) is 0.735. The number of amides is 1. The molecule has 2 aliphatic heterocycles. The van der Waals surface area contributed by atoms with Crippen molar-refractivity contribution in [2.45, 2.75) is 49.8 Å². The molecule has 0 atom stereocenters. The first-order valence-corrected chi connectivity index (χ1v) is 12.2. The number of sulfonamides is 1. The molecule has 0 saturated carbocycles. The highest BCUT2D eigenvalue weighted by Crippen LogP contribution is 2.28. The molecule has 3 heterocycles. The Morgan fingerprint density at radius 2 is 1.73 bits per heavy atom. The monoisotopic (exact) mass is 435 g/mol. The van der Waals surface area contributed by atoms with Crippen LogP contribution in [0.4, 0.5) is 0 Å². The minimum atomic E-state index is -3.67. The Hall–Kier alpha value is -2.13. The van der Waals surface area contributed by atoms with Crippen molar-refractivity contribution in [3.63, 3.8) is 0 Å². The lowest BCUT2D eigenvalue weighted by molar-refractivity contribution is -0.132. The average molecular weight is 436 g/mol. The van der Waals surface area contributed by atoms with E-state index in [0.29, 0.717) is 37.9 Å². The lowest BCUT2D eigenvalue weighted by atomic mass is 9.94.